The van der Waals surface area contributed by atoms with Gasteiger partial charge in [0.05, 0.1) is 0 Å². The Kier molecular flexibility index (Phi) is 6.51. The molecule has 3 nitrogen and oxygen atoms in total. The molecule has 0 fully saturated rings. The van der Waals surface area contributed by atoms with Crippen molar-refractivity contribution >= 4 is 10.9 Å². The number of fused-ring (bicyclic) bond motifs is 1. The smallest absolute Gasteiger partial charge is 0.149 e. The van der Waals surface area contributed by atoms with E-state index in [-0.39, 0.29) is 6.10 Å². The first kappa shape index (κ1) is 21.0. The molecule has 2 N–H and O–H groups in total. The van der Waals surface area contributed by atoms with Crippen LogP contribution in [0.4, 0.5) is 0 Å². The van der Waals surface area contributed by atoms with Crippen molar-refractivity contribution in [3.63, 3.8) is 0 Å². The lowest BCUT2D eigenvalue weighted by Gasteiger charge is -2.20. The minimum Gasteiger partial charge on any atom is -0.481 e. The second-order valence-electron chi connectivity index (χ2n) is 8.25. The lowest BCUT2D eigenvalue weighted by Crippen LogP contribution is -2.16. The van der Waals surface area contributed by atoms with E-state index in [1.54, 1.807) is 0 Å². The van der Waals surface area contributed by atoms with E-state index in [4.69, 9.17) is 4.74 Å². The minimum atomic E-state index is -0.153. The molecule has 164 valence electrons. The molecule has 5 aromatic rings. The van der Waals surface area contributed by atoms with E-state index < -0.39 is 0 Å². The number of ether oxygens (including phenoxy) is 1. The molecule has 0 atom stereocenters. The summed E-state index contributed by atoms with van der Waals surface area (Å²) >= 11 is 0. The Balaban J connectivity index is 1.33. The van der Waals surface area contributed by atoms with Crippen molar-refractivity contribution in [1.29, 1.82) is 0 Å². The van der Waals surface area contributed by atoms with E-state index >= 15 is 0 Å². The van der Waals surface area contributed by atoms with Gasteiger partial charge in [-0.25, -0.2) is 0 Å². The third kappa shape index (κ3) is 5.16. The Morgan fingerprint density at radius 2 is 1.36 bits per heavy atom. The summed E-state index contributed by atoms with van der Waals surface area (Å²) in [6, 6.07) is 37.6. The lowest BCUT2D eigenvalue weighted by molar-refractivity contribution is 0.247. The summed E-state index contributed by atoms with van der Waals surface area (Å²) in [5, 5.41) is 4.77. The molecular weight excluding hydrogens is 404 g/mol. The molecule has 0 bridgehead atoms. The number of aromatic amines is 1. The van der Waals surface area contributed by atoms with Gasteiger partial charge >= 0.3 is 0 Å². The molecule has 0 aliphatic heterocycles. The molecule has 0 aliphatic rings. The fourth-order valence-electron chi connectivity index (χ4n) is 4.21. The summed E-state index contributed by atoms with van der Waals surface area (Å²) in [5.41, 5.74) is 6.02. The molecule has 0 radical (unpaired) electrons. The van der Waals surface area contributed by atoms with Crippen molar-refractivity contribution < 1.29 is 4.74 Å². The van der Waals surface area contributed by atoms with Crippen molar-refractivity contribution in [2.75, 3.05) is 6.54 Å². The van der Waals surface area contributed by atoms with Gasteiger partial charge in [-0.1, -0.05) is 91.0 Å². The van der Waals surface area contributed by atoms with E-state index in [0.29, 0.717) is 0 Å². The normalized spacial score (nSPS) is 11.2. The van der Waals surface area contributed by atoms with Crippen molar-refractivity contribution in [2.45, 2.75) is 19.1 Å². The molecule has 0 saturated heterocycles. The Hall–Kier alpha value is -3.82. The van der Waals surface area contributed by atoms with Gasteiger partial charge in [0.15, 0.2) is 0 Å². The molecule has 3 heteroatoms. The highest BCUT2D eigenvalue weighted by atomic mass is 16.5. The maximum atomic E-state index is 6.57. The van der Waals surface area contributed by atoms with Gasteiger partial charge in [0.1, 0.15) is 11.9 Å². The molecule has 33 heavy (non-hydrogen) atoms. The van der Waals surface area contributed by atoms with Crippen LogP contribution >= 0.6 is 0 Å². The number of nitrogens with one attached hydrogen (secondary N) is 2. The second-order valence-corrected chi connectivity index (χ2v) is 8.25. The van der Waals surface area contributed by atoms with E-state index in [9.17, 15) is 0 Å². The molecule has 0 saturated carbocycles. The van der Waals surface area contributed by atoms with Crippen molar-refractivity contribution in [3.05, 3.63) is 138 Å². The predicted octanol–water partition coefficient (Wildman–Crippen LogP) is 6.67. The van der Waals surface area contributed by atoms with Gasteiger partial charge < -0.3 is 15.0 Å². The van der Waals surface area contributed by atoms with Crippen molar-refractivity contribution in [3.8, 4) is 5.75 Å². The van der Waals surface area contributed by atoms with Gasteiger partial charge in [0, 0.05) is 23.6 Å². The zero-order chi connectivity index (χ0) is 22.3. The van der Waals surface area contributed by atoms with Crippen LogP contribution in [0.25, 0.3) is 10.9 Å². The van der Waals surface area contributed by atoms with Crippen LogP contribution in [0.5, 0.6) is 5.75 Å². The first-order valence-electron chi connectivity index (χ1n) is 11.5. The Morgan fingerprint density at radius 1 is 0.727 bits per heavy atom. The van der Waals surface area contributed by atoms with Crippen LogP contribution < -0.4 is 10.1 Å². The molecule has 4 aromatic carbocycles. The van der Waals surface area contributed by atoms with Crippen LogP contribution in [0.2, 0.25) is 0 Å². The number of rotatable bonds is 9. The highest BCUT2D eigenvalue weighted by molar-refractivity contribution is 5.84. The van der Waals surface area contributed by atoms with E-state index in [0.717, 1.165) is 41.9 Å². The van der Waals surface area contributed by atoms with Gasteiger partial charge in [0.25, 0.3) is 0 Å². The Bertz CT molecular complexity index is 1240. The van der Waals surface area contributed by atoms with Crippen LogP contribution in [0, 0.1) is 0 Å². The first-order valence-corrected chi connectivity index (χ1v) is 11.5. The lowest BCUT2D eigenvalue weighted by atomic mass is 10.0. The summed E-state index contributed by atoms with van der Waals surface area (Å²) in [6.07, 6.45) is 2.92. The van der Waals surface area contributed by atoms with Crippen LogP contribution in [0.1, 0.15) is 28.4 Å². The van der Waals surface area contributed by atoms with Crippen LogP contribution in [-0.4, -0.2) is 11.5 Å². The monoisotopic (exact) mass is 432 g/mol. The molecule has 5 rings (SSSR count). The fourth-order valence-corrected chi connectivity index (χ4v) is 4.21. The highest BCUT2D eigenvalue weighted by Gasteiger charge is 2.16. The molecular formula is C30H28N2O. The van der Waals surface area contributed by atoms with Gasteiger partial charge in [-0.2, -0.15) is 0 Å². The average Bonchev–Trinajstić information content (AvgIpc) is 3.29. The van der Waals surface area contributed by atoms with Crippen molar-refractivity contribution in [2.24, 2.45) is 0 Å². The summed E-state index contributed by atoms with van der Waals surface area (Å²) in [6.45, 7) is 1.80. The maximum absolute atomic E-state index is 6.57. The Morgan fingerprint density at radius 3 is 2.03 bits per heavy atom. The third-order valence-electron chi connectivity index (χ3n) is 5.94. The number of benzene rings is 4. The number of aromatic nitrogens is 1. The molecule has 0 amide bonds. The van der Waals surface area contributed by atoms with Gasteiger partial charge in [-0.3, -0.25) is 0 Å². The third-order valence-corrected chi connectivity index (χ3v) is 5.94. The SMILES string of the molecule is c1ccc(CNCCc2c[nH]c3ccc(OC(c4ccccc4)c4ccccc4)cc23)cc1. The van der Waals surface area contributed by atoms with Crippen LogP contribution in [0.15, 0.2) is 115 Å². The number of hydrogen-bond acceptors (Lipinski definition) is 2. The first-order chi connectivity index (χ1) is 16.4. The van der Waals surface area contributed by atoms with Crippen LogP contribution in [0.3, 0.4) is 0 Å². The fraction of sp³-hybridized carbons (Fsp3) is 0.133. The average molecular weight is 433 g/mol. The predicted molar refractivity (Wildman–Crippen MR) is 136 cm³/mol. The zero-order valence-corrected chi connectivity index (χ0v) is 18.6. The highest BCUT2D eigenvalue weighted by Crippen LogP contribution is 2.31. The summed E-state index contributed by atoms with van der Waals surface area (Å²) in [4.78, 5) is 3.41. The zero-order valence-electron chi connectivity index (χ0n) is 18.6. The summed E-state index contributed by atoms with van der Waals surface area (Å²) in [7, 11) is 0. The van der Waals surface area contributed by atoms with Gasteiger partial charge in [-0.05, 0) is 53.4 Å². The largest absolute Gasteiger partial charge is 0.481 e. The quantitative estimate of drug-likeness (QED) is 0.255. The molecule has 0 spiro atoms. The molecule has 0 unspecified atom stereocenters. The molecule has 0 aliphatic carbocycles. The minimum absolute atomic E-state index is 0.153. The van der Waals surface area contributed by atoms with Crippen LogP contribution in [-0.2, 0) is 13.0 Å². The topological polar surface area (TPSA) is 37.0 Å². The van der Waals surface area contributed by atoms with E-state index in [1.807, 2.05) is 12.1 Å². The molecule has 1 heterocycles. The summed E-state index contributed by atoms with van der Waals surface area (Å²) in [5.74, 6) is 0.873. The summed E-state index contributed by atoms with van der Waals surface area (Å²) < 4.78 is 6.57. The number of H-pyrrole nitrogens is 1. The van der Waals surface area contributed by atoms with E-state index in [2.05, 4.69) is 114 Å². The van der Waals surface area contributed by atoms with Gasteiger partial charge in [-0.15, -0.1) is 0 Å². The standard InChI is InChI=1S/C30H28N2O/c1-4-10-23(11-5-1)21-31-19-18-26-22-32-29-17-16-27(20-28(26)29)33-30(24-12-6-2-7-13-24)25-14-8-3-9-15-25/h1-17,20,22,30-32H,18-19,21H2. The second kappa shape index (κ2) is 10.2. The Labute approximate surface area is 195 Å². The van der Waals surface area contributed by atoms with Crippen molar-refractivity contribution in [1.82, 2.24) is 10.3 Å². The van der Waals surface area contributed by atoms with Gasteiger partial charge in [0.2, 0.25) is 0 Å². The maximum Gasteiger partial charge on any atom is 0.149 e. The number of hydrogen-bond donors (Lipinski definition) is 2. The molecule has 1 aromatic heterocycles. The van der Waals surface area contributed by atoms with E-state index in [1.165, 1.54) is 16.5 Å².